The maximum atomic E-state index is 5.94. The van der Waals surface area contributed by atoms with Gasteiger partial charge in [0, 0.05) is 25.2 Å². The van der Waals surface area contributed by atoms with Crippen molar-refractivity contribution in [3.05, 3.63) is 23.2 Å². The van der Waals surface area contributed by atoms with Crippen molar-refractivity contribution >= 4 is 0 Å². The van der Waals surface area contributed by atoms with Crippen molar-refractivity contribution in [3.8, 4) is 0 Å². The normalized spacial score (nSPS) is 24.2. The molecule has 1 fully saturated rings. The molecule has 1 aliphatic heterocycles. The number of furan rings is 1. The van der Waals surface area contributed by atoms with E-state index in [9.17, 15) is 0 Å². The molecule has 0 aliphatic carbocycles. The lowest BCUT2D eigenvalue weighted by Crippen LogP contribution is -2.37. The fourth-order valence-electron chi connectivity index (χ4n) is 3.38. The predicted octanol–water partition coefficient (Wildman–Crippen LogP) is 3.57. The van der Waals surface area contributed by atoms with E-state index < -0.39 is 0 Å². The molecule has 3 heteroatoms. The molecule has 1 aliphatic rings. The fraction of sp³-hybridized carbons (Fsp3) is 0.765. The highest BCUT2D eigenvalue weighted by atomic mass is 16.3. The van der Waals surface area contributed by atoms with Crippen molar-refractivity contribution in [2.45, 2.75) is 53.6 Å². The number of hydrogen-bond acceptors (Lipinski definition) is 3. The summed E-state index contributed by atoms with van der Waals surface area (Å²) in [6.45, 7) is 14.3. The lowest BCUT2D eigenvalue weighted by Gasteiger charge is -2.34. The Morgan fingerprint density at radius 3 is 2.65 bits per heavy atom. The van der Waals surface area contributed by atoms with Gasteiger partial charge in [-0.15, -0.1) is 0 Å². The molecule has 1 N–H and O–H groups in total. The Bertz CT molecular complexity index is 403. The van der Waals surface area contributed by atoms with Crippen LogP contribution < -0.4 is 5.32 Å². The van der Waals surface area contributed by atoms with Crippen LogP contribution >= 0.6 is 0 Å². The van der Waals surface area contributed by atoms with Crippen molar-refractivity contribution in [2.24, 2.45) is 11.8 Å². The molecule has 1 aromatic rings. The number of rotatable bonds is 6. The van der Waals surface area contributed by atoms with E-state index in [0.717, 1.165) is 43.0 Å². The minimum atomic E-state index is 0.806. The average Bonchev–Trinajstić information content (AvgIpc) is 2.68. The Balaban J connectivity index is 1.91. The first-order chi connectivity index (χ1) is 9.58. The van der Waals surface area contributed by atoms with Gasteiger partial charge in [0.15, 0.2) is 0 Å². The SMILES string of the molecule is CCCNCc1cc(CN2CC(C)CC(C)C2)oc1C. The molecular weight excluding hydrogens is 248 g/mol. The Hall–Kier alpha value is -0.800. The lowest BCUT2D eigenvalue weighted by molar-refractivity contribution is 0.126. The molecule has 2 unspecified atom stereocenters. The first kappa shape index (κ1) is 15.6. The first-order valence-corrected chi connectivity index (χ1v) is 8.09. The predicted molar refractivity (Wildman–Crippen MR) is 83.7 cm³/mol. The number of piperidine rings is 1. The van der Waals surface area contributed by atoms with Gasteiger partial charge in [-0.2, -0.15) is 0 Å². The second-order valence-electron chi connectivity index (χ2n) is 6.61. The van der Waals surface area contributed by atoms with Crippen LogP contribution in [-0.2, 0) is 13.1 Å². The standard InChI is InChI=1S/C17H30N2O/c1-5-6-18-9-16-8-17(20-15(16)4)12-19-10-13(2)7-14(3)11-19/h8,13-14,18H,5-7,9-12H2,1-4H3. The molecule has 0 bridgehead atoms. The summed E-state index contributed by atoms with van der Waals surface area (Å²) in [5.74, 6) is 3.81. The van der Waals surface area contributed by atoms with Gasteiger partial charge in [0.25, 0.3) is 0 Å². The number of hydrogen-bond donors (Lipinski definition) is 1. The van der Waals surface area contributed by atoms with Gasteiger partial charge in [-0.1, -0.05) is 20.8 Å². The molecular formula is C17H30N2O. The van der Waals surface area contributed by atoms with Crippen LogP contribution in [0.4, 0.5) is 0 Å². The van der Waals surface area contributed by atoms with Crippen molar-refractivity contribution in [3.63, 3.8) is 0 Å². The van der Waals surface area contributed by atoms with Gasteiger partial charge in [0.05, 0.1) is 6.54 Å². The topological polar surface area (TPSA) is 28.4 Å². The van der Waals surface area contributed by atoms with Crippen LogP contribution in [0.3, 0.4) is 0 Å². The third kappa shape index (κ3) is 4.35. The van der Waals surface area contributed by atoms with Gasteiger partial charge >= 0.3 is 0 Å². The molecule has 1 saturated heterocycles. The Morgan fingerprint density at radius 2 is 2.00 bits per heavy atom. The molecule has 0 radical (unpaired) electrons. The number of nitrogens with one attached hydrogen (secondary N) is 1. The summed E-state index contributed by atoms with van der Waals surface area (Å²) >= 11 is 0. The van der Waals surface area contributed by atoms with Gasteiger partial charge in [0.1, 0.15) is 11.5 Å². The van der Waals surface area contributed by atoms with Crippen molar-refractivity contribution in [1.29, 1.82) is 0 Å². The van der Waals surface area contributed by atoms with Gasteiger partial charge < -0.3 is 9.73 Å². The molecule has 114 valence electrons. The Labute approximate surface area is 123 Å². The van der Waals surface area contributed by atoms with Crippen LogP contribution in [0.2, 0.25) is 0 Å². The highest BCUT2D eigenvalue weighted by Gasteiger charge is 2.22. The largest absolute Gasteiger partial charge is 0.465 e. The zero-order chi connectivity index (χ0) is 14.5. The quantitative estimate of drug-likeness (QED) is 0.806. The monoisotopic (exact) mass is 278 g/mol. The minimum absolute atomic E-state index is 0.806. The van der Waals surface area contributed by atoms with E-state index in [1.165, 1.54) is 31.5 Å². The van der Waals surface area contributed by atoms with Crippen molar-refractivity contribution in [2.75, 3.05) is 19.6 Å². The molecule has 2 heterocycles. The minimum Gasteiger partial charge on any atom is -0.465 e. The highest BCUT2D eigenvalue weighted by molar-refractivity contribution is 5.20. The van der Waals surface area contributed by atoms with Gasteiger partial charge in [-0.25, -0.2) is 0 Å². The van der Waals surface area contributed by atoms with E-state index in [4.69, 9.17) is 4.42 Å². The summed E-state index contributed by atoms with van der Waals surface area (Å²) in [4.78, 5) is 2.54. The maximum absolute atomic E-state index is 5.94. The summed E-state index contributed by atoms with van der Waals surface area (Å²) in [5.41, 5.74) is 1.31. The number of aryl methyl sites for hydroxylation is 1. The molecule has 0 amide bonds. The van der Waals surface area contributed by atoms with Crippen molar-refractivity contribution in [1.82, 2.24) is 10.2 Å². The summed E-state index contributed by atoms with van der Waals surface area (Å²) in [6.07, 6.45) is 2.53. The van der Waals surface area contributed by atoms with E-state index in [-0.39, 0.29) is 0 Å². The van der Waals surface area contributed by atoms with Gasteiger partial charge in [0.2, 0.25) is 0 Å². The summed E-state index contributed by atoms with van der Waals surface area (Å²) in [5, 5.41) is 3.45. The van der Waals surface area contributed by atoms with Crippen LogP contribution in [0, 0.1) is 18.8 Å². The Kier molecular flexibility index (Phi) is 5.67. The molecule has 0 aromatic carbocycles. The fourth-order valence-corrected chi connectivity index (χ4v) is 3.38. The van der Waals surface area contributed by atoms with Crippen LogP contribution in [-0.4, -0.2) is 24.5 Å². The number of nitrogens with zero attached hydrogens (tertiary/aromatic N) is 1. The first-order valence-electron chi connectivity index (χ1n) is 8.09. The lowest BCUT2D eigenvalue weighted by atomic mass is 9.92. The maximum Gasteiger partial charge on any atom is 0.118 e. The zero-order valence-corrected chi connectivity index (χ0v) is 13.5. The molecule has 2 atom stereocenters. The van der Waals surface area contributed by atoms with E-state index in [1.54, 1.807) is 0 Å². The second kappa shape index (κ2) is 7.28. The van der Waals surface area contributed by atoms with Crippen LogP contribution in [0.15, 0.2) is 10.5 Å². The average molecular weight is 278 g/mol. The van der Waals surface area contributed by atoms with E-state index in [0.29, 0.717) is 0 Å². The molecule has 0 saturated carbocycles. The summed E-state index contributed by atoms with van der Waals surface area (Å²) in [7, 11) is 0. The van der Waals surface area contributed by atoms with E-state index in [1.807, 2.05) is 0 Å². The van der Waals surface area contributed by atoms with E-state index in [2.05, 4.69) is 44.0 Å². The highest BCUT2D eigenvalue weighted by Crippen LogP contribution is 2.24. The summed E-state index contributed by atoms with van der Waals surface area (Å²) in [6, 6.07) is 2.24. The smallest absolute Gasteiger partial charge is 0.118 e. The van der Waals surface area contributed by atoms with Gasteiger partial charge in [-0.05, 0) is 44.2 Å². The van der Waals surface area contributed by atoms with Crippen LogP contribution in [0.1, 0.15) is 50.7 Å². The Morgan fingerprint density at radius 1 is 1.30 bits per heavy atom. The van der Waals surface area contributed by atoms with Gasteiger partial charge in [-0.3, -0.25) is 4.90 Å². The number of likely N-dealkylation sites (tertiary alicyclic amines) is 1. The van der Waals surface area contributed by atoms with Crippen LogP contribution in [0.25, 0.3) is 0 Å². The molecule has 1 aromatic heterocycles. The third-order valence-electron chi connectivity index (χ3n) is 4.14. The molecule has 20 heavy (non-hydrogen) atoms. The summed E-state index contributed by atoms with van der Waals surface area (Å²) < 4.78 is 5.94. The van der Waals surface area contributed by atoms with Crippen LogP contribution in [0.5, 0.6) is 0 Å². The molecule has 3 nitrogen and oxygen atoms in total. The zero-order valence-electron chi connectivity index (χ0n) is 13.5. The molecule has 2 rings (SSSR count). The molecule has 0 spiro atoms. The third-order valence-corrected chi connectivity index (χ3v) is 4.14. The second-order valence-corrected chi connectivity index (χ2v) is 6.61. The van der Waals surface area contributed by atoms with E-state index >= 15 is 0 Å². The van der Waals surface area contributed by atoms with Crippen molar-refractivity contribution < 1.29 is 4.42 Å².